The lowest BCUT2D eigenvalue weighted by Gasteiger charge is -2.15. The summed E-state index contributed by atoms with van der Waals surface area (Å²) in [5, 5.41) is 0. The maximum Gasteiger partial charge on any atom is 0.335 e. The number of carbonyl (C=O) groups is 4. The van der Waals surface area contributed by atoms with Gasteiger partial charge in [-0.15, -0.1) is 0 Å². The van der Waals surface area contributed by atoms with Crippen LogP contribution in [-0.4, -0.2) is 63.3 Å². The minimum Gasteiger partial charge on any atom is -0.496 e. The Hall–Kier alpha value is -6.26. The first kappa shape index (κ1) is 45.9. The number of hydrogen-bond acceptors (Lipinski definition) is 10. The first-order valence-corrected chi connectivity index (χ1v) is 18.2. The summed E-state index contributed by atoms with van der Waals surface area (Å²) >= 11 is 0. The van der Waals surface area contributed by atoms with Crippen molar-refractivity contribution >= 4 is 42.1 Å². The molecule has 0 aliphatic carbocycles. The van der Waals surface area contributed by atoms with E-state index in [2.05, 4.69) is 77.3 Å². The van der Waals surface area contributed by atoms with Crippen LogP contribution in [0, 0.1) is 0 Å². The first-order chi connectivity index (χ1) is 27.0. The lowest BCUT2D eigenvalue weighted by Crippen LogP contribution is -2.15. The van der Waals surface area contributed by atoms with Gasteiger partial charge in [0.1, 0.15) is 29.8 Å². The van der Waals surface area contributed by atoms with Crippen LogP contribution in [0.25, 0.3) is 0 Å². The van der Waals surface area contributed by atoms with Crippen molar-refractivity contribution in [2.75, 3.05) is 20.8 Å². The molecular formula is C46H52N2O8. The molecule has 0 aliphatic heterocycles. The van der Waals surface area contributed by atoms with Crippen LogP contribution in [0.1, 0.15) is 83.9 Å². The highest BCUT2D eigenvalue weighted by Crippen LogP contribution is 2.29. The van der Waals surface area contributed by atoms with Crippen molar-refractivity contribution in [2.45, 2.75) is 58.9 Å². The highest BCUT2D eigenvalue weighted by atomic mass is 16.5. The Morgan fingerprint density at radius 3 is 1.79 bits per heavy atom. The number of para-hydroxylation sites is 1. The summed E-state index contributed by atoms with van der Waals surface area (Å²) in [5.41, 5.74) is 6.65. The summed E-state index contributed by atoms with van der Waals surface area (Å²) in [6, 6.07) is 27.1. The van der Waals surface area contributed by atoms with Crippen molar-refractivity contribution in [1.29, 1.82) is 0 Å². The van der Waals surface area contributed by atoms with Crippen molar-refractivity contribution in [1.82, 2.24) is 0 Å². The number of aldehydes is 2. The average molecular weight is 761 g/mol. The molecule has 0 saturated carbocycles. The smallest absolute Gasteiger partial charge is 0.335 e. The Balaban J connectivity index is 0.000000341. The zero-order valence-corrected chi connectivity index (χ0v) is 33.1. The SMILES string of the molecule is C=CC(=O)Oc1ccc(C=O)cc1.C=CC(=O)Oc1ccc(C=O)cc1.CCC(N=Cc1cc(CCOC)ccc1OC)C(C)=Nc1ccccc1C(C)CC. The van der Waals surface area contributed by atoms with Gasteiger partial charge in [-0.1, -0.05) is 58.2 Å². The quantitative estimate of drug-likeness (QED) is 0.0342. The molecule has 0 saturated heterocycles. The van der Waals surface area contributed by atoms with Crippen molar-refractivity contribution in [2.24, 2.45) is 9.98 Å². The topological polar surface area (TPSA) is 130 Å². The lowest BCUT2D eigenvalue weighted by atomic mass is 9.97. The standard InChI is InChI=1S/C26H36N2O2.2C10H8O3/c1-7-19(3)23-11-9-10-12-25(23)28-20(4)24(8-2)27-18-22-17-21(15-16-29-5)13-14-26(22)30-6;2*1-2-10(12)13-9-5-3-8(7-11)4-6-9/h9-14,17-19,24H,7-8,15-16H2,1-6H3;2*2-7H,1H2. The summed E-state index contributed by atoms with van der Waals surface area (Å²) in [4.78, 5) is 51.8. The van der Waals surface area contributed by atoms with Gasteiger partial charge in [0.25, 0.3) is 0 Å². The predicted molar refractivity (Wildman–Crippen MR) is 223 cm³/mol. The second kappa shape index (κ2) is 25.7. The zero-order chi connectivity index (χ0) is 41.3. The van der Waals surface area contributed by atoms with Crippen LogP contribution in [-0.2, 0) is 20.7 Å². The van der Waals surface area contributed by atoms with Crippen LogP contribution in [0.15, 0.2) is 126 Å². The van der Waals surface area contributed by atoms with Crippen molar-refractivity contribution < 1.29 is 38.1 Å². The van der Waals surface area contributed by atoms with E-state index >= 15 is 0 Å². The number of ether oxygens (including phenoxy) is 4. The minimum absolute atomic E-state index is 0.0299. The summed E-state index contributed by atoms with van der Waals surface area (Å²) in [5.74, 6) is 1.08. The third kappa shape index (κ3) is 16.0. The van der Waals surface area contributed by atoms with Crippen LogP contribution >= 0.6 is 0 Å². The molecule has 0 spiro atoms. The number of methoxy groups -OCH3 is 2. The van der Waals surface area contributed by atoms with Gasteiger partial charge in [-0.25, -0.2) is 9.59 Å². The molecule has 0 aliphatic rings. The van der Waals surface area contributed by atoms with Crippen LogP contribution < -0.4 is 14.2 Å². The molecule has 0 heterocycles. The average Bonchev–Trinajstić information content (AvgIpc) is 3.24. The molecule has 10 heteroatoms. The Labute approximate surface area is 330 Å². The van der Waals surface area contributed by atoms with Gasteiger partial charge in [0.15, 0.2) is 0 Å². The largest absolute Gasteiger partial charge is 0.496 e. The molecule has 0 N–H and O–H groups in total. The van der Waals surface area contributed by atoms with Gasteiger partial charge < -0.3 is 18.9 Å². The van der Waals surface area contributed by atoms with E-state index in [1.807, 2.05) is 12.3 Å². The molecule has 0 bridgehead atoms. The molecule has 0 amide bonds. The molecule has 294 valence electrons. The molecule has 4 aromatic rings. The number of rotatable bonds is 17. The number of aliphatic imine (C=N–C) groups is 2. The van der Waals surface area contributed by atoms with Crippen LogP contribution in [0.5, 0.6) is 17.2 Å². The van der Waals surface area contributed by atoms with Gasteiger partial charge in [-0.2, -0.15) is 0 Å². The van der Waals surface area contributed by atoms with E-state index in [4.69, 9.17) is 28.9 Å². The molecular weight excluding hydrogens is 709 g/mol. The fourth-order valence-electron chi connectivity index (χ4n) is 4.97. The van der Waals surface area contributed by atoms with Gasteiger partial charge in [0.2, 0.25) is 0 Å². The Morgan fingerprint density at radius 2 is 1.32 bits per heavy atom. The molecule has 0 radical (unpaired) electrons. The van der Waals surface area contributed by atoms with Crippen LogP contribution in [0.2, 0.25) is 0 Å². The number of benzene rings is 4. The predicted octanol–water partition coefficient (Wildman–Crippen LogP) is 9.57. The minimum atomic E-state index is -0.515. The highest BCUT2D eigenvalue weighted by molar-refractivity contribution is 5.93. The number of carbonyl (C=O) groups excluding carboxylic acids is 4. The monoisotopic (exact) mass is 760 g/mol. The molecule has 10 nitrogen and oxygen atoms in total. The summed E-state index contributed by atoms with van der Waals surface area (Å²) in [6.45, 7) is 15.9. The van der Waals surface area contributed by atoms with Crippen molar-refractivity contribution in [3.63, 3.8) is 0 Å². The molecule has 0 aromatic heterocycles. The lowest BCUT2D eigenvalue weighted by molar-refractivity contribution is -0.129. The van der Waals surface area contributed by atoms with E-state index in [9.17, 15) is 19.2 Å². The maximum absolute atomic E-state index is 10.7. The highest BCUT2D eigenvalue weighted by Gasteiger charge is 2.12. The third-order valence-corrected chi connectivity index (χ3v) is 8.33. The van der Waals surface area contributed by atoms with Crippen LogP contribution in [0.3, 0.4) is 0 Å². The van der Waals surface area contributed by atoms with E-state index in [-0.39, 0.29) is 6.04 Å². The van der Waals surface area contributed by atoms with E-state index in [0.717, 1.165) is 66.7 Å². The maximum atomic E-state index is 10.7. The number of hydrogen-bond donors (Lipinski definition) is 0. The van der Waals surface area contributed by atoms with Gasteiger partial charge in [0.05, 0.1) is 25.4 Å². The number of nitrogens with zero attached hydrogens (tertiary/aromatic N) is 2. The number of esters is 2. The van der Waals surface area contributed by atoms with E-state index in [1.165, 1.54) is 11.1 Å². The molecule has 4 aromatic carbocycles. The molecule has 0 fully saturated rings. The van der Waals surface area contributed by atoms with Crippen molar-refractivity contribution in [3.8, 4) is 17.2 Å². The van der Waals surface area contributed by atoms with E-state index in [0.29, 0.717) is 35.2 Å². The van der Waals surface area contributed by atoms with Gasteiger partial charge in [-0.05, 0) is 110 Å². The Morgan fingerprint density at radius 1 is 0.768 bits per heavy atom. The summed E-state index contributed by atoms with van der Waals surface area (Å²) in [6.07, 6.45) is 8.37. The third-order valence-electron chi connectivity index (χ3n) is 8.33. The van der Waals surface area contributed by atoms with E-state index < -0.39 is 11.9 Å². The van der Waals surface area contributed by atoms with E-state index in [1.54, 1.807) is 62.8 Å². The Bertz CT molecular complexity index is 1860. The fraction of sp³-hybridized carbons (Fsp3) is 0.261. The zero-order valence-electron chi connectivity index (χ0n) is 33.1. The van der Waals surface area contributed by atoms with Gasteiger partial charge in [-0.3, -0.25) is 19.6 Å². The Kier molecular flexibility index (Phi) is 21.1. The van der Waals surface area contributed by atoms with Gasteiger partial charge >= 0.3 is 11.9 Å². The molecule has 2 unspecified atom stereocenters. The summed E-state index contributed by atoms with van der Waals surface area (Å²) < 4.78 is 20.3. The van der Waals surface area contributed by atoms with Gasteiger partial charge in [0, 0.05) is 47.9 Å². The molecule has 4 rings (SSSR count). The second-order valence-electron chi connectivity index (χ2n) is 12.3. The first-order valence-electron chi connectivity index (χ1n) is 18.2. The molecule has 56 heavy (non-hydrogen) atoms. The summed E-state index contributed by atoms with van der Waals surface area (Å²) in [7, 11) is 3.41. The van der Waals surface area contributed by atoms with Crippen LogP contribution in [0.4, 0.5) is 5.69 Å². The molecule has 2 atom stereocenters. The fourth-order valence-corrected chi connectivity index (χ4v) is 4.97. The normalized spacial score (nSPS) is 11.7. The second-order valence-corrected chi connectivity index (χ2v) is 12.3. The van der Waals surface area contributed by atoms with Crippen molar-refractivity contribution in [3.05, 3.63) is 144 Å².